The number of para-hydroxylation sites is 2. The van der Waals surface area contributed by atoms with Crippen molar-refractivity contribution in [1.29, 1.82) is 0 Å². The molecule has 116 valence electrons. The van der Waals surface area contributed by atoms with Crippen LogP contribution in [-0.2, 0) is 13.0 Å². The molecular formula is C18H29N3. The smallest absolute Gasteiger partial charge is 0.111 e. The van der Waals surface area contributed by atoms with E-state index in [1.54, 1.807) is 0 Å². The number of aromatic nitrogens is 2. The Labute approximate surface area is 128 Å². The molecule has 0 amide bonds. The second kappa shape index (κ2) is 6.61. The summed E-state index contributed by atoms with van der Waals surface area (Å²) in [5, 5.41) is 3.66. The minimum Gasteiger partial charge on any atom is -0.328 e. The van der Waals surface area contributed by atoms with Gasteiger partial charge in [0.05, 0.1) is 11.0 Å². The highest BCUT2D eigenvalue weighted by Crippen LogP contribution is 2.28. The number of imidazole rings is 1. The van der Waals surface area contributed by atoms with Crippen LogP contribution in [0.5, 0.6) is 0 Å². The molecule has 0 spiro atoms. The molecule has 1 aromatic heterocycles. The normalized spacial score (nSPS) is 13.8. The van der Waals surface area contributed by atoms with E-state index in [2.05, 4.69) is 68.8 Å². The molecule has 1 N–H and O–H groups in total. The maximum Gasteiger partial charge on any atom is 0.111 e. The molecule has 0 radical (unpaired) electrons. The largest absolute Gasteiger partial charge is 0.328 e. The second-order valence-corrected chi connectivity index (χ2v) is 6.42. The summed E-state index contributed by atoms with van der Waals surface area (Å²) in [6.45, 7) is 13.3. The summed E-state index contributed by atoms with van der Waals surface area (Å²) >= 11 is 0. The quantitative estimate of drug-likeness (QED) is 0.833. The van der Waals surface area contributed by atoms with Crippen LogP contribution < -0.4 is 5.32 Å². The van der Waals surface area contributed by atoms with Gasteiger partial charge in [0, 0.05) is 19.0 Å². The van der Waals surface area contributed by atoms with Crippen LogP contribution in [0.1, 0.15) is 46.9 Å². The van der Waals surface area contributed by atoms with Gasteiger partial charge in [-0.15, -0.1) is 0 Å². The van der Waals surface area contributed by atoms with Crippen LogP contribution in [0.25, 0.3) is 11.0 Å². The third-order valence-corrected chi connectivity index (χ3v) is 4.74. The molecule has 1 unspecified atom stereocenters. The van der Waals surface area contributed by atoms with Crippen LogP contribution in [-0.4, -0.2) is 22.1 Å². The second-order valence-electron chi connectivity index (χ2n) is 6.42. The van der Waals surface area contributed by atoms with E-state index in [1.807, 2.05) is 0 Å². The van der Waals surface area contributed by atoms with Gasteiger partial charge in [-0.1, -0.05) is 39.8 Å². The monoisotopic (exact) mass is 287 g/mol. The Balaban J connectivity index is 2.36. The molecule has 21 heavy (non-hydrogen) atoms. The highest BCUT2D eigenvalue weighted by atomic mass is 15.1. The van der Waals surface area contributed by atoms with Gasteiger partial charge < -0.3 is 9.88 Å². The highest BCUT2D eigenvalue weighted by Gasteiger charge is 2.28. The van der Waals surface area contributed by atoms with Gasteiger partial charge in [-0.05, 0) is 37.4 Å². The fourth-order valence-electron chi connectivity index (χ4n) is 2.93. The molecular weight excluding hydrogens is 258 g/mol. The van der Waals surface area contributed by atoms with Crippen molar-refractivity contribution in [3.8, 4) is 0 Å². The number of hydrogen-bond donors (Lipinski definition) is 1. The summed E-state index contributed by atoms with van der Waals surface area (Å²) in [5.74, 6) is 1.20. The Kier molecular flexibility index (Phi) is 5.04. The first-order valence-electron chi connectivity index (χ1n) is 8.21. The van der Waals surface area contributed by atoms with E-state index in [0.717, 1.165) is 31.4 Å². The standard InChI is InChI=1S/C18H29N3/c1-6-18(4,5)16(19-7-2)13-17-20-14-11-9-10-12-15(14)21(17)8-3/h9-12,16,19H,6-8,13H2,1-5H3. The maximum absolute atomic E-state index is 4.88. The predicted molar refractivity (Wildman–Crippen MR) is 90.6 cm³/mol. The van der Waals surface area contributed by atoms with Gasteiger partial charge in [-0.3, -0.25) is 0 Å². The van der Waals surface area contributed by atoms with Crippen LogP contribution in [0.4, 0.5) is 0 Å². The molecule has 0 aliphatic rings. The summed E-state index contributed by atoms with van der Waals surface area (Å²) in [6.07, 6.45) is 2.15. The van der Waals surface area contributed by atoms with Gasteiger partial charge in [0.25, 0.3) is 0 Å². The number of benzene rings is 1. The number of fused-ring (bicyclic) bond motifs is 1. The van der Waals surface area contributed by atoms with E-state index in [1.165, 1.54) is 11.3 Å². The van der Waals surface area contributed by atoms with Crippen LogP contribution >= 0.6 is 0 Å². The Bertz CT molecular complexity index is 583. The SMILES string of the molecule is CCNC(Cc1nc2ccccc2n1CC)C(C)(C)CC. The summed E-state index contributed by atoms with van der Waals surface area (Å²) in [6, 6.07) is 8.89. The Morgan fingerprint density at radius 3 is 2.52 bits per heavy atom. The van der Waals surface area contributed by atoms with Gasteiger partial charge >= 0.3 is 0 Å². The lowest BCUT2D eigenvalue weighted by Crippen LogP contribution is -2.43. The van der Waals surface area contributed by atoms with E-state index >= 15 is 0 Å². The van der Waals surface area contributed by atoms with E-state index in [9.17, 15) is 0 Å². The first-order valence-corrected chi connectivity index (χ1v) is 8.21. The van der Waals surface area contributed by atoms with Gasteiger partial charge in [0.2, 0.25) is 0 Å². The number of rotatable bonds is 7. The zero-order chi connectivity index (χ0) is 15.5. The van der Waals surface area contributed by atoms with Crippen LogP contribution in [0, 0.1) is 5.41 Å². The van der Waals surface area contributed by atoms with Gasteiger partial charge in [-0.25, -0.2) is 4.98 Å². The van der Waals surface area contributed by atoms with Gasteiger partial charge in [0.1, 0.15) is 5.82 Å². The summed E-state index contributed by atoms with van der Waals surface area (Å²) in [4.78, 5) is 4.88. The van der Waals surface area contributed by atoms with Crippen molar-refractivity contribution in [2.75, 3.05) is 6.54 Å². The lowest BCUT2D eigenvalue weighted by Gasteiger charge is -2.34. The summed E-state index contributed by atoms with van der Waals surface area (Å²) in [7, 11) is 0. The molecule has 2 aromatic rings. The van der Waals surface area contributed by atoms with Crippen molar-refractivity contribution in [3.05, 3.63) is 30.1 Å². The first-order chi connectivity index (χ1) is 10.0. The van der Waals surface area contributed by atoms with Crippen LogP contribution in [0.15, 0.2) is 24.3 Å². The third-order valence-electron chi connectivity index (χ3n) is 4.74. The Morgan fingerprint density at radius 2 is 1.90 bits per heavy atom. The van der Waals surface area contributed by atoms with Crippen molar-refractivity contribution in [1.82, 2.24) is 14.9 Å². The first kappa shape index (κ1) is 16.0. The van der Waals surface area contributed by atoms with Crippen molar-refractivity contribution in [3.63, 3.8) is 0 Å². The van der Waals surface area contributed by atoms with Crippen LogP contribution in [0.2, 0.25) is 0 Å². The molecule has 3 nitrogen and oxygen atoms in total. The number of nitrogens with one attached hydrogen (secondary N) is 1. The van der Waals surface area contributed by atoms with Crippen molar-refractivity contribution in [2.24, 2.45) is 5.41 Å². The average molecular weight is 287 g/mol. The summed E-state index contributed by atoms with van der Waals surface area (Å²) < 4.78 is 2.35. The average Bonchev–Trinajstić information content (AvgIpc) is 2.84. The zero-order valence-corrected chi connectivity index (χ0v) is 14.1. The molecule has 0 saturated carbocycles. The topological polar surface area (TPSA) is 29.9 Å². The minimum absolute atomic E-state index is 0.271. The molecule has 3 heteroatoms. The fraction of sp³-hybridized carbons (Fsp3) is 0.611. The zero-order valence-electron chi connectivity index (χ0n) is 14.1. The molecule has 0 aliphatic carbocycles. The molecule has 1 atom stereocenters. The number of likely N-dealkylation sites (N-methyl/N-ethyl adjacent to an activating group) is 1. The van der Waals surface area contributed by atoms with E-state index in [4.69, 9.17) is 4.98 Å². The van der Waals surface area contributed by atoms with E-state index in [0.29, 0.717) is 6.04 Å². The lowest BCUT2D eigenvalue weighted by molar-refractivity contribution is 0.229. The number of nitrogens with zero attached hydrogens (tertiary/aromatic N) is 2. The minimum atomic E-state index is 0.271. The third kappa shape index (κ3) is 3.29. The fourth-order valence-corrected chi connectivity index (χ4v) is 2.93. The maximum atomic E-state index is 4.88. The summed E-state index contributed by atoms with van der Waals surface area (Å²) in [5.41, 5.74) is 2.63. The van der Waals surface area contributed by atoms with Crippen molar-refractivity contribution in [2.45, 2.75) is 60.0 Å². The predicted octanol–water partition coefficient (Wildman–Crippen LogP) is 4.01. The molecule has 0 fully saturated rings. The highest BCUT2D eigenvalue weighted by molar-refractivity contribution is 5.75. The number of aryl methyl sites for hydroxylation is 1. The van der Waals surface area contributed by atoms with Crippen LogP contribution in [0.3, 0.4) is 0 Å². The van der Waals surface area contributed by atoms with Crippen molar-refractivity contribution < 1.29 is 0 Å². The molecule has 0 bridgehead atoms. The van der Waals surface area contributed by atoms with E-state index < -0.39 is 0 Å². The molecule has 0 saturated heterocycles. The lowest BCUT2D eigenvalue weighted by atomic mass is 9.80. The molecule has 0 aliphatic heterocycles. The Hall–Kier alpha value is -1.35. The van der Waals surface area contributed by atoms with Gasteiger partial charge in [0.15, 0.2) is 0 Å². The number of hydrogen-bond acceptors (Lipinski definition) is 2. The molecule has 1 aromatic carbocycles. The molecule has 2 rings (SSSR count). The molecule has 1 heterocycles. The van der Waals surface area contributed by atoms with E-state index in [-0.39, 0.29) is 5.41 Å². The van der Waals surface area contributed by atoms with Gasteiger partial charge in [-0.2, -0.15) is 0 Å². The van der Waals surface area contributed by atoms with Crippen molar-refractivity contribution >= 4 is 11.0 Å². The Morgan fingerprint density at radius 1 is 1.19 bits per heavy atom.